The molecule has 2 N–H and O–H groups in total. The van der Waals surface area contributed by atoms with Gasteiger partial charge in [-0.15, -0.1) is 0 Å². The Hall–Kier alpha value is -1.58. The number of hydrogen-bond acceptors (Lipinski definition) is 3. The summed E-state index contributed by atoms with van der Waals surface area (Å²) >= 11 is 0. The highest BCUT2D eigenvalue weighted by atomic mass is 16.4. The van der Waals surface area contributed by atoms with Crippen molar-refractivity contribution in [3.05, 3.63) is 24.0 Å². The number of pyridine rings is 1. The number of aromatic carboxylic acids is 1. The van der Waals surface area contributed by atoms with Gasteiger partial charge in [0.2, 0.25) is 0 Å². The van der Waals surface area contributed by atoms with Gasteiger partial charge >= 0.3 is 5.97 Å². The number of carboxylic acid groups (broad SMARTS) is 1. The molecule has 0 atom stereocenters. The molecule has 1 aromatic rings. The number of anilines is 1. The molecule has 4 nitrogen and oxygen atoms in total. The van der Waals surface area contributed by atoms with Crippen LogP contribution in [0.4, 0.5) is 5.69 Å². The quantitative estimate of drug-likeness (QED) is 0.814. The second kappa shape index (κ2) is 6.38. The lowest BCUT2D eigenvalue weighted by Crippen LogP contribution is -2.24. The standard InChI is InChI=1S/C14H22N2O2/c1-9(2)12(10(3)4)8-15-11-5-6-13(14(17)18)16-7-11/h5-7,9-10,12,15H,8H2,1-4H3,(H,17,18). The molecule has 1 aromatic heterocycles. The zero-order chi connectivity index (χ0) is 13.7. The number of rotatable bonds is 6. The molecule has 0 unspecified atom stereocenters. The monoisotopic (exact) mass is 250 g/mol. The minimum Gasteiger partial charge on any atom is -0.477 e. The molecule has 0 radical (unpaired) electrons. The molecule has 0 spiro atoms. The first kappa shape index (κ1) is 14.5. The van der Waals surface area contributed by atoms with Gasteiger partial charge < -0.3 is 10.4 Å². The highest BCUT2D eigenvalue weighted by molar-refractivity contribution is 5.85. The summed E-state index contributed by atoms with van der Waals surface area (Å²) in [6.07, 6.45) is 1.57. The van der Waals surface area contributed by atoms with Gasteiger partial charge in [-0.05, 0) is 29.9 Å². The van der Waals surface area contributed by atoms with Crippen LogP contribution in [0.5, 0.6) is 0 Å². The van der Waals surface area contributed by atoms with Crippen LogP contribution in [0.3, 0.4) is 0 Å². The van der Waals surface area contributed by atoms with E-state index in [9.17, 15) is 4.79 Å². The average molecular weight is 250 g/mol. The molecule has 0 aliphatic heterocycles. The van der Waals surface area contributed by atoms with Crippen LogP contribution in [0.25, 0.3) is 0 Å². The molecular weight excluding hydrogens is 228 g/mol. The molecule has 18 heavy (non-hydrogen) atoms. The second-order valence-corrected chi connectivity index (χ2v) is 5.27. The normalized spacial score (nSPS) is 11.3. The molecule has 100 valence electrons. The van der Waals surface area contributed by atoms with E-state index in [1.54, 1.807) is 12.3 Å². The van der Waals surface area contributed by atoms with E-state index in [0.717, 1.165) is 12.2 Å². The Bertz CT molecular complexity index is 377. The highest BCUT2D eigenvalue weighted by Crippen LogP contribution is 2.21. The number of carboxylic acids is 1. The van der Waals surface area contributed by atoms with Crippen molar-refractivity contribution in [3.63, 3.8) is 0 Å². The van der Waals surface area contributed by atoms with Gasteiger partial charge in [0.1, 0.15) is 5.69 Å². The molecule has 0 bridgehead atoms. The number of nitrogens with zero attached hydrogens (tertiary/aromatic N) is 1. The molecule has 1 rings (SSSR count). The van der Waals surface area contributed by atoms with Crippen LogP contribution in [0.2, 0.25) is 0 Å². The van der Waals surface area contributed by atoms with Crippen LogP contribution in [0.15, 0.2) is 18.3 Å². The highest BCUT2D eigenvalue weighted by Gasteiger charge is 2.17. The first-order chi connectivity index (χ1) is 8.41. The molecule has 0 amide bonds. The molecule has 1 heterocycles. The molecule has 0 aliphatic rings. The summed E-state index contributed by atoms with van der Waals surface area (Å²) < 4.78 is 0. The summed E-state index contributed by atoms with van der Waals surface area (Å²) in [4.78, 5) is 14.6. The van der Waals surface area contributed by atoms with Crippen LogP contribution in [0, 0.1) is 17.8 Å². The summed E-state index contributed by atoms with van der Waals surface area (Å²) in [5.41, 5.74) is 0.941. The van der Waals surface area contributed by atoms with Gasteiger partial charge in [0.25, 0.3) is 0 Å². The summed E-state index contributed by atoms with van der Waals surface area (Å²) in [5, 5.41) is 12.1. The van der Waals surface area contributed by atoms with E-state index in [1.165, 1.54) is 6.07 Å². The third-order valence-electron chi connectivity index (χ3n) is 3.24. The van der Waals surface area contributed by atoms with Crippen molar-refractivity contribution in [2.45, 2.75) is 27.7 Å². The third kappa shape index (κ3) is 4.02. The van der Waals surface area contributed by atoms with Crippen molar-refractivity contribution in [2.75, 3.05) is 11.9 Å². The summed E-state index contributed by atoms with van der Waals surface area (Å²) in [6.45, 7) is 9.76. The predicted octanol–water partition coefficient (Wildman–Crippen LogP) is 3.12. The second-order valence-electron chi connectivity index (χ2n) is 5.27. The summed E-state index contributed by atoms with van der Waals surface area (Å²) in [6, 6.07) is 3.28. The summed E-state index contributed by atoms with van der Waals surface area (Å²) in [5.74, 6) is 0.820. The van der Waals surface area contributed by atoms with Crippen molar-refractivity contribution >= 4 is 11.7 Å². The fourth-order valence-corrected chi connectivity index (χ4v) is 2.10. The van der Waals surface area contributed by atoms with E-state index in [4.69, 9.17) is 5.11 Å². The van der Waals surface area contributed by atoms with E-state index in [-0.39, 0.29) is 5.69 Å². The maximum absolute atomic E-state index is 10.7. The topological polar surface area (TPSA) is 62.2 Å². The SMILES string of the molecule is CC(C)C(CNc1ccc(C(=O)O)nc1)C(C)C. The van der Waals surface area contributed by atoms with Crippen molar-refractivity contribution in [1.82, 2.24) is 4.98 Å². The first-order valence-corrected chi connectivity index (χ1v) is 6.35. The Kier molecular flexibility index (Phi) is 5.13. The smallest absolute Gasteiger partial charge is 0.354 e. The van der Waals surface area contributed by atoms with Crippen molar-refractivity contribution < 1.29 is 9.90 Å². The fraction of sp³-hybridized carbons (Fsp3) is 0.571. The van der Waals surface area contributed by atoms with E-state index in [2.05, 4.69) is 38.0 Å². The van der Waals surface area contributed by atoms with Crippen molar-refractivity contribution in [1.29, 1.82) is 0 Å². The van der Waals surface area contributed by atoms with E-state index >= 15 is 0 Å². The van der Waals surface area contributed by atoms with E-state index < -0.39 is 5.97 Å². The van der Waals surface area contributed by atoms with Gasteiger partial charge in [0.15, 0.2) is 0 Å². The molecule has 0 saturated carbocycles. The Labute approximate surface area is 108 Å². The maximum atomic E-state index is 10.7. The molecule has 0 aromatic carbocycles. The zero-order valence-corrected chi connectivity index (χ0v) is 11.5. The Morgan fingerprint density at radius 3 is 2.28 bits per heavy atom. The van der Waals surface area contributed by atoms with Crippen LogP contribution >= 0.6 is 0 Å². The van der Waals surface area contributed by atoms with Crippen LogP contribution in [-0.4, -0.2) is 22.6 Å². The van der Waals surface area contributed by atoms with E-state index in [0.29, 0.717) is 17.8 Å². The van der Waals surface area contributed by atoms with Gasteiger partial charge in [-0.1, -0.05) is 27.7 Å². The zero-order valence-electron chi connectivity index (χ0n) is 11.5. The number of aromatic nitrogens is 1. The van der Waals surface area contributed by atoms with Crippen LogP contribution in [-0.2, 0) is 0 Å². The molecule has 4 heteroatoms. The van der Waals surface area contributed by atoms with Gasteiger partial charge in [-0.2, -0.15) is 0 Å². The lowest BCUT2D eigenvalue weighted by Gasteiger charge is -2.25. The largest absolute Gasteiger partial charge is 0.477 e. The molecular formula is C14H22N2O2. The van der Waals surface area contributed by atoms with Gasteiger partial charge in [-0.25, -0.2) is 9.78 Å². The average Bonchev–Trinajstić information content (AvgIpc) is 2.28. The molecule has 0 fully saturated rings. The predicted molar refractivity (Wildman–Crippen MR) is 72.9 cm³/mol. The van der Waals surface area contributed by atoms with Crippen LogP contribution in [0.1, 0.15) is 38.2 Å². The van der Waals surface area contributed by atoms with Gasteiger partial charge in [0.05, 0.1) is 11.9 Å². The first-order valence-electron chi connectivity index (χ1n) is 6.35. The van der Waals surface area contributed by atoms with Crippen molar-refractivity contribution in [3.8, 4) is 0 Å². The van der Waals surface area contributed by atoms with Gasteiger partial charge in [0, 0.05) is 6.54 Å². The Morgan fingerprint density at radius 2 is 1.89 bits per heavy atom. The van der Waals surface area contributed by atoms with Crippen molar-refractivity contribution in [2.24, 2.45) is 17.8 Å². The van der Waals surface area contributed by atoms with Gasteiger partial charge in [-0.3, -0.25) is 0 Å². The lowest BCUT2D eigenvalue weighted by molar-refractivity contribution is 0.0690. The molecule has 0 aliphatic carbocycles. The minimum atomic E-state index is -0.996. The summed E-state index contributed by atoms with van der Waals surface area (Å²) in [7, 11) is 0. The van der Waals surface area contributed by atoms with E-state index in [1.807, 2.05) is 0 Å². The minimum absolute atomic E-state index is 0.0739. The Morgan fingerprint density at radius 1 is 1.28 bits per heavy atom. The number of carbonyl (C=O) groups is 1. The molecule has 0 saturated heterocycles. The third-order valence-corrected chi connectivity index (χ3v) is 3.24. The van der Waals surface area contributed by atoms with Crippen LogP contribution < -0.4 is 5.32 Å². The maximum Gasteiger partial charge on any atom is 0.354 e. The number of hydrogen-bond donors (Lipinski definition) is 2. The fourth-order valence-electron chi connectivity index (χ4n) is 2.10. The Balaban J connectivity index is 2.60. The lowest BCUT2D eigenvalue weighted by atomic mass is 9.85. The number of nitrogens with one attached hydrogen (secondary N) is 1.